The van der Waals surface area contributed by atoms with E-state index in [1.807, 2.05) is 29.0 Å². The quantitative estimate of drug-likeness (QED) is 0.658. The van der Waals surface area contributed by atoms with Crippen molar-refractivity contribution in [3.63, 3.8) is 0 Å². The molecule has 4 heterocycles. The maximum absolute atomic E-state index is 13.7. The van der Waals surface area contributed by atoms with E-state index in [-0.39, 0.29) is 17.7 Å². The number of hydrogen-bond acceptors (Lipinski definition) is 5. The molecule has 190 valence electrons. The number of rotatable bonds is 4. The Balaban J connectivity index is 1.38. The molecule has 3 aliphatic heterocycles. The maximum atomic E-state index is 13.7. The highest BCUT2D eigenvalue weighted by Crippen LogP contribution is 2.28. The van der Waals surface area contributed by atoms with Crippen molar-refractivity contribution < 1.29 is 14.4 Å². The number of amides is 3. The molecule has 3 fully saturated rings. The molecule has 0 aliphatic carbocycles. The second-order valence-corrected chi connectivity index (χ2v) is 10.2. The number of aryl methyl sites for hydroxylation is 2. The molecule has 8 nitrogen and oxygen atoms in total. The Morgan fingerprint density at radius 1 is 0.778 bits per heavy atom. The highest BCUT2D eigenvalue weighted by molar-refractivity contribution is 6.09. The van der Waals surface area contributed by atoms with Gasteiger partial charge < -0.3 is 19.6 Å². The number of nitrogens with zero attached hydrogens (tertiary/aromatic N) is 5. The molecular formula is C28H35N5O3. The van der Waals surface area contributed by atoms with Crippen molar-refractivity contribution in [2.45, 2.75) is 46.0 Å². The first kappa shape index (κ1) is 24.3. The van der Waals surface area contributed by atoms with Gasteiger partial charge in [0.1, 0.15) is 5.82 Å². The van der Waals surface area contributed by atoms with Crippen molar-refractivity contribution in [2.75, 3.05) is 55.6 Å². The van der Waals surface area contributed by atoms with E-state index in [1.165, 1.54) is 0 Å². The molecule has 3 saturated heterocycles. The summed E-state index contributed by atoms with van der Waals surface area (Å²) in [4.78, 5) is 51.9. The first-order valence-electron chi connectivity index (χ1n) is 13.1. The summed E-state index contributed by atoms with van der Waals surface area (Å²) in [7, 11) is 0. The summed E-state index contributed by atoms with van der Waals surface area (Å²) >= 11 is 0. The van der Waals surface area contributed by atoms with Gasteiger partial charge in [-0.1, -0.05) is 6.07 Å². The molecule has 8 heteroatoms. The number of anilines is 2. The van der Waals surface area contributed by atoms with E-state index in [2.05, 4.69) is 22.9 Å². The number of pyridine rings is 1. The summed E-state index contributed by atoms with van der Waals surface area (Å²) in [6.45, 7) is 8.69. The molecule has 0 saturated carbocycles. The predicted octanol–water partition coefficient (Wildman–Crippen LogP) is 3.41. The summed E-state index contributed by atoms with van der Waals surface area (Å²) in [5.41, 5.74) is 3.82. The lowest BCUT2D eigenvalue weighted by atomic mass is 10.0. The Bertz CT molecular complexity index is 1170. The van der Waals surface area contributed by atoms with Crippen LogP contribution < -0.4 is 9.80 Å². The minimum atomic E-state index is -0.122. The minimum absolute atomic E-state index is 0.0709. The summed E-state index contributed by atoms with van der Waals surface area (Å²) < 4.78 is 0. The molecule has 5 rings (SSSR count). The van der Waals surface area contributed by atoms with Crippen LogP contribution in [0.25, 0.3) is 0 Å². The van der Waals surface area contributed by atoms with Gasteiger partial charge in [0.25, 0.3) is 11.8 Å². The zero-order valence-electron chi connectivity index (χ0n) is 21.3. The van der Waals surface area contributed by atoms with Crippen molar-refractivity contribution in [3.8, 4) is 0 Å². The molecular weight excluding hydrogens is 454 g/mol. The van der Waals surface area contributed by atoms with Crippen LogP contribution in [0, 0.1) is 13.8 Å². The Kier molecular flexibility index (Phi) is 6.94. The van der Waals surface area contributed by atoms with Gasteiger partial charge >= 0.3 is 0 Å². The van der Waals surface area contributed by atoms with Gasteiger partial charge in [0, 0.05) is 64.1 Å². The van der Waals surface area contributed by atoms with Crippen molar-refractivity contribution in [2.24, 2.45) is 0 Å². The first-order valence-corrected chi connectivity index (χ1v) is 13.1. The zero-order valence-corrected chi connectivity index (χ0v) is 21.3. The van der Waals surface area contributed by atoms with E-state index in [0.29, 0.717) is 69.0 Å². The third kappa shape index (κ3) is 4.81. The molecule has 0 unspecified atom stereocenters. The summed E-state index contributed by atoms with van der Waals surface area (Å²) in [6.07, 6.45) is 6.30. The van der Waals surface area contributed by atoms with E-state index in [9.17, 15) is 14.4 Å². The van der Waals surface area contributed by atoms with Gasteiger partial charge in [0.15, 0.2) is 0 Å². The topological polar surface area (TPSA) is 77.1 Å². The predicted molar refractivity (Wildman–Crippen MR) is 140 cm³/mol. The van der Waals surface area contributed by atoms with Crippen LogP contribution in [-0.4, -0.2) is 78.3 Å². The summed E-state index contributed by atoms with van der Waals surface area (Å²) in [5.74, 6) is 0.808. The van der Waals surface area contributed by atoms with Crippen LogP contribution in [0.4, 0.5) is 11.5 Å². The van der Waals surface area contributed by atoms with Crippen LogP contribution in [0.3, 0.4) is 0 Å². The Labute approximate surface area is 212 Å². The zero-order chi connectivity index (χ0) is 25.2. The number of piperazine rings is 1. The Morgan fingerprint density at radius 3 is 2.14 bits per heavy atom. The molecule has 0 radical (unpaired) electrons. The van der Waals surface area contributed by atoms with Crippen LogP contribution in [0.2, 0.25) is 0 Å². The van der Waals surface area contributed by atoms with E-state index < -0.39 is 0 Å². The lowest BCUT2D eigenvalue weighted by Gasteiger charge is -2.36. The van der Waals surface area contributed by atoms with Crippen LogP contribution in [-0.2, 0) is 4.79 Å². The largest absolute Gasteiger partial charge is 0.353 e. The monoisotopic (exact) mass is 489 g/mol. The number of piperidine rings is 1. The van der Waals surface area contributed by atoms with Crippen LogP contribution in [0.1, 0.15) is 63.9 Å². The second-order valence-electron chi connectivity index (χ2n) is 10.2. The van der Waals surface area contributed by atoms with Crippen LogP contribution in [0.5, 0.6) is 0 Å². The van der Waals surface area contributed by atoms with Crippen LogP contribution >= 0.6 is 0 Å². The smallest absolute Gasteiger partial charge is 0.254 e. The van der Waals surface area contributed by atoms with E-state index >= 15 is 0 Å². The highest BCUT2D eigenvalue weighted by Gasteiger charge is 2.30. The fourth-order valence-electron chi connectivity index (χ4n) is 5.58. The number of benzene rings is 1. The number of aromatic nitrogens is 1. The molecule has 1 aromatic carbocycles. The van der Waals surface area contributed by atoms with Gasteiger partial charge in [0.05, 0.1) is 11.1 Å². The molecule has 0 spiro atoms. The molecule has 0 N–H and O–H groups in total. The first-order chi connectivity index (χ1) is 17.4. The Morgan fingerprint density at radius 2 is 1.47 bits per heavy atom. The Hall–Kier alpha value is -3.42. The maximum Gasteiger partial charge on any atom is 0.254 e. The van der Waals surface area contributed by atoms with E-state index in [0.717, 1.165) is 42.6 Å². The average molecular weight is 490 g/mol. The lowest BCUT2D eigenvalue weighted by Crippen LogP contribution is -2.49. The van der Waals surface area contributed by atoms with Gasteiger partial charge in [-0.15, -0.1) is 0 Å². The highest BCUT2D eigenvalue weighted by atomic mass is 16.2. The summed E-state index contributed by atoms with van der Waals surface area (Å²) in [5, 5.41) is 0. The van der Waals surface area contributed by atoms with Gasteiger partial charge in [-0.05, 0) is 68.9 Å². The molecule has 0 bridgehead atoms. The summed E-state index contributed by atoms with van der Waals surface area (Å²) in [6, 6.07) is 7.46. The lowest BCUT2D eigenvalue weighted by molar-refractivity contribution is -0.117. The second kappa shape index (κ2) is 10.3. The van der Waals surface area contributed by atoms with Crippen LogP contribution in [0.15, 0.2) is 30.5 Å². The number of carbonyl (C=O) groups is 3. The molecule has 36 heavy (non-hydrogen) atoms. The fraction of sp³-hybridized carbons (Fsp3) is 0.500. The third-order valence-corrected chi connectivity index (χ3v) is 7.55. The van der Waals surface area contributed by atoms with Gasteiger partial charge in [-0.3, -0.25) is 14.4 Å². The normalized spacial score (nSPS) is 18.7. The van der Waals surface area contributed by atoms with Gasteiger partial charge in [-0.2, -0.15) is 0 Å². The fourth-order valence-corrected chi connectivity index (χ4v) is 5.58. The van der Waals surface area contributed by atoms with Gasteiger partial charge in [0.2, 0.25) is 5.91 Å². The SMILES string of the molecule is Cc1cnc(N2CCN(C(=O)c3ccc(N4CCCC4=O)cc3C(=O)N3CCCCC3)CC2)c(C)c1. The van der Waals surface area contributed by atoms with E-state index in [1.54, 1.807) is 17.0 Å². The van der Waals surface area contributed by atoms with Crippen molar-refractivity contribution >= 4 is 29.2 Å². The molecule has 2 aromatic rings. The molecule has 0 atom stereocenters. The third-order valence-electron chi connectivity index (χ3n) is 7.55. The van der Waals surface area contributed by atoms with Crippen molar-refractivity contribution in [1.29, 1.82) is 0 Å². The minimum Gasteiger partial charge on any atom is -0.353 e. The average Bonchev–Trinajstić information content (AvgIpc) is 3.34. The number of hydrogen-bond donors (Lipinski definition) is 0. The standard InChI is InChI=1S/C28H35N5O3/c1-20-17-21(2)26(29-19-20)30-13-15-32(16-14-30)27(35)23-9-8-22(33-12-6-7-25(33)34)18-24(23)28(36)31-10-4-3-5-11-31/h8-9,17-19H,3-7,10-16H2,1-2H3. The van der Waals surface area contributed by atoms with Gasteiger partial charge in [-0.25, -0.2) is 4.98 Å². The molecule has 1 aromatic heterocycles. The molecule has 3 aliphatic rings. The van der Waals surface area contributed by atoms with Crippen molar-refractivity contribution in [3.05, 3.63) is 52.7 Å². The van der Waals surface area contributed by atoms with Crippen molar-refractivity contribution in [1.82, 2.24) is 14.8 Å². The number of carbonyl (C=O) groups excluding carboxylic acids is 3. The number of likely N-dealkylation sites (tertiary alicyclic amines) is 1. The van der Waals surface area contributed by atoms with E-state index in [4.69, 9.17) is 0 Å². The molecule has 3 amide bonds.